The first-order valence-electron chi connectivity index (χ1n) is 11.8. The van der Waals surface area contributed by atoms with Crippen LogP contribution in [0.25, 0.3) is 0 Å². The minimum absolute atomic E-state index is 0. The molecule has 1 heterocycles. The lowest BCUT2D eigenvalue weighted by Crippen LogP contribution is -2.41. The second-order valence-electron chi connectivity index (χ2n) is 8.51. The Kier molecular flexibility index (Phi) is 12.7. The molecular weight excluding hydrogens is 503 g/mol. The summed E-state index contributed by atoms with van der Waals surface area (Å²) >= 11 is 6.26. The topological polar surface area (TPSA) is 33.7 Å². The molecular formula is C28H35Cl3N2O2. The summed E-state index contributed by atoms with van der Waals surface area (Å²) in [6.07, 6.45) is 2.34. The molecule has 1 fully saturated rings. The van der Waals surface area contributed by atoms with Gasteiger partial charge in [0.1, 0.15) is 6.61 Å². The summed E-state index contributed by atoms with van der Waals surface area (Å²) in [6.45, 7) is 7.14. The minimum atomic E-state index is 0. The Morgan fingerprint density at radius 2 is 1.57 bits per heavy atom. The lowest BCUT2D eigenvalue weighted by atomic mass is 10.0. The number of likely N-dealkylation sites (tertiary alicyclic amines) is 1. The molecule has 1 aliphatic rings. The first-order chi connectivity index (χ1) is 16.2. The highest BCUT2D eigenvalue weighted by molar-refractivity contribution is 6.31. The summed E-state index contributed by atoms with van der Waals surface area (Å²) in [5.74, 6) is 1.52. The molecule has 0 amide bonds. The molecule has 1 saturated heterocycles. The molecule has 0 aliphatic carbocycles. The van der Waals surface area contributed by atoms with Gasteiger partial charge in [0, 0.05) is 29.7 Å². The van der Waals surface area contributed by atoms with Crippen molar-refractivity contribution in [1.82, 2.24) is 10.2 Å². The number of benzene rings is 3. The Morgan fingerprint density at radius 1 is 0.857 bits per heavy atom. The fourth-order valence-electron chi connectivity index (χ4n) is 4.22. The normalized spacial score (nSPS) is 14.0. The van der Waals surface area contributed by atoms with Gasteiger partial charge in [-0.3, -0.25) is 4.90 Å². The monoisotopic (exact) mass is 536 g/mol. The molecule has 0 aromatic heterocycles. The van der Waals surface area contributed by atoms with E-state index in [-0.39, 0.29) is 24.8 Å². The summed E-state index contributed by atoms with van der Waals surface area (Å²) in [4.78, 5) is 2.55. The third kappa shape index (κ3) is 8.89. The Bertz CT molecular complexity index is 1010. The van der Waals surface area contributed by atoms with Crippen molar-refractivity contribution in [1.29, 1.82) is 0 Å². The molecule has 4 rings (SSSR count). The molecule has 0 spiro atoms. The van der Waals surface area contributed by atoms with Crippen LogP contribution in [0.3, 0.4) is 0 Å². The zero-order valence-corrected chi connectivity index (χ0v) is 22.5. The van der Waals surface area contributed by atoms with E-state index < -0.39 is 0 Å². The van der Waals surface area contributed by atoms with Crippen LogP contribution < -0.4 is 14.8 Å². The van der Waals surface area contributed by atoms with E-state index in [1.165, 1.54) is 24.0 Å². The van der Waals surface area contributed by atoms with Crippen LogP contribution in [0.4, 0.5) is 0 Å². The van der Waals surface area contributed by atoms with E-state index >= 15 is 0 Å². The van der Waals surface area contributed by atoms with Crippen molar-refractivity contribution in [3.05, 3.63) is 94.5 Å². The van der Waals surface area contributed by atoms with Crippen LogP contribution in [0, 0.1) is 0 Å². The average molecular weight is 538 g/mol. The Hall–Kier alpha value is -1.95. The van der Waals surface area contributed by atoms with E-state index in [1.54, 1.807) is 0 Å². The molecule has 0 atom stereocenters. The van der Waals surface area contributed by atoms with Gasteiger partial charge in [0.15, 0.2) is 11.5 Å². The van der Waals surface area contributed by atoms with E-state index in [0.29, 0.717) is 24.3 Å². The highest BCUT2D eigenvalue weighted by Gasteiger charge is 2.19. The number of piperidine rings is 1. The zero-order chi connectivity index (χ0) is 22.9. The van der Waals surface area contributed by atoms with Gasteiger partial charge in [-0.2, -0.15) is 0 Å². The molecule has 3 aromatic rings. The van der Waals surface area contributed by atoms with Gasteiger partial charge in [0.05, 0.1) is 6.61 Å². The zero-order valence-electron chi connectivity index (χ0n) is 20.1. The van der Waals surface area contributed by atoms with Gasteiger partial charge < -0.3 is 14.8 Å². The van der Waals surface area contributed by atoms with E-state index in [9.17, 15) is 0 Å². The second kappa shape index (κ2) is 15.2. The molecule has 190 valence electrons. The predicted octanol–water partition coefficient (Wildman–Crippen LogP) is 6.92. The third-order valence-corrected chi connectivity index (χ3v) is 6.45. The van der Waals surface area contributed by atoms with Crippen LogP contribution in [-0.4, -0.2) is 30.6 Å². The number of nitrogens with one attached hydrogen (secondary N) is 1. The first kappa shape index (κ1) is 29.3. The molecule has 4 nitrogen and oxygen atoms in total. The Balaban J connectivity index is 0.00000216. The number of hydrogen-bond acceptors (Lipinski definition) is 4. The SMILES string of the molecule is CCOc1cc(CNC2CCN(Cc3ccccc3)CC2)ccc1OCc1ccccc1Cl.Cl.Cl. The molecule has 0 unspecified atom stereocenters. The van der Waals surface area contributed by atoms with Crippen molar-refractivity contribution in [2.24, 2.45) is 0 Å². The van der Waals surface area contributed by atoms with Crippen LogP contribution in [0.5, 0.6) is 11.5 Å². The van der Waals surface area contributed by atoms with Crippen LogP contribution in [0.2, 0.25) is 5.02 Å². The van der Waals surface area contributed by atoms with Crippen molar-refractivity contribution in [3.8, 4) is 11.5 Å². The quantitative estimate of drug-likeness (QED) is 0.304. The first-order valence-corrected chi connectivity index (χ1v) is 12.2. The number of halogens is 3. The van der Waals surface area contributed by atoms with E-state index in [2.05, 4.69) is 52.7 Å². The third-order valence-electron chi connectivity index (χ3n) is 6.08. The summed E-state index contributed by atoms with van der Waals surface area (Å²) in [6, 6.07) is 25.2. The number of rotatable bonds is 10. The average Bonchev–Trinajstić information content (AvgIpc) is 2.85. The van der Waals surface area contributed by atoms with Gasteiger partial charge in [-0.1, -0.05) is 66.2 Å². The van der Waals surface area contributed by atoms with Gasteiger partial charge >= 0.3 is 0 Å². The number of nitrogens with zero attached hydrogens (tertiary/aromatic N) is 1. The van der Waals surface area contributed by atoms with Crippen molar-refractivity contribution >= 4 is 36.4 Å². The summed E-state index contributed by atoms with van der Waals surface area (Å²) in [5.41, 5.74) is 3.56. The second-order valence-corrected chi connectivity index (χ2v) is 8.92. The molecule has 0 radical (unpaired) electrons. The van der Waals surface area contributed by atoms with Crippen LogP contribution >= 0.6 is 36.4 Å². The molecule has 3 aromatic carbocycles. The van der Waals surface area contributed by atoms with Gasteiger partial charge in [-0.15, -0.1) is 24.8 Å². The van der Waals surface area contributed by atoms with Crippen molar-refractivity contribution in [2.75, 3.05) is 19.7 Å². The Morgan fingerprint density at radius 3 is 2.29 bits per heavy atom. The highest BCUT2D eigenvalue weighted by Crippen LogP contribution is 2.30. The molecule has 1 N–H and O–H groups in total. The predicted molar refractivity (Wildman–Crippen MR) is 149 cm³/mol. The van der Waals surface area contributed by atoms with Crippen molar-refractivity contribution in [2.45, 2.75) is 45.5 Å². The molecule has 0 bridgehead atoms. The molecule has 0 saturated carbocycles. The Labute approximate surface area is 226 Å². The molecule has 35 heavy (non-hydrogen) atoms. The van der Waals surface area contributed by atoms with Crippen LogP contribution in [-0.2, 0) is 19.7 Å². The van der Waals surface area contributed by atoms with Gasteiger partial charge in [-0.25, -0.2) is 0 Å². The highest BCUT2D eigenvalue weighted by atomic mass is 35.5. The number of ether oxygens (including phenoxy) is 2. The largest absolute Gasteiger partial charge is 0.490 e. The fraction of sp³-hybridized carbons (Fsp3) is 0.357. The number of hydrogen-bond donors (Lipinski definition) is 1. The summed E-state index contributed by atoms with van der Waals surface area (Å²) in [5, 5.41) is 4.45. The lowest BCUT2D eigenvalue weighted by Gasteiger charge is -2.32. The van der Waals surface area contributed by atoms with Crippen molar-refractivity contribution in [3.63, 3.8) is 0 Å². The maximum Gasteiger partial charge on any atom is 0.161 e. The van der Waals surface area contributed by atoms with Crippen molar-refractivity contribution < 1.29 is 9.47 Å². The van der Waals surface area contributed by atoms with Crippen LogP contribution in [0.1, 0.15) is 36.5 Å². The summed E-state index contributed by atoms with van der Waals surface area (Å²) < 4.78 is 11.9. The van der Waals surface area contributed by atoms with Gasteiger partial charge in [0.25, 0.3) is 0 Å². The standard InChI is InChI=1S/C28H33ClN2O2.2ClH/c1-2-32-28-18-23(12-13-27(28)33-21-24-10-6-7-11-26(24)29)19-30-25-14-16-31(17-15-25)20-22-8-4-3-5-9-22;;/h3-13,18,25,30H,2,14-17,19-21H2,1H3;2*1H. The van der Waals surface area contributed by atoms with E-state index in [1.807, 2.05) is 37.3 Å². The van der Waals surface area contributed by atoms with Crippen LogP contribution in [0.15, 0.2) is 72.8 Å². The van der Waals surface area contributed by atoms with E-state index in [4.69, 9.17) is 21.1 Å². The maximum absolute atomic E-state index is 6.26. The summed E-state index contributed by atoms with van der Waals surface area (Å²) in [7, 11) is 0. The molecule has 7 heteroatoms. The van der Waals surface area contributed by atoms with E-state index in [0.717, 1.165) is 43.2 Å². The van der Waals surface area contributed by atoms with Gasteiger partial charge in [0.2, 0.25) is 0 Å². The van der Waals surface area contributed by atoms with Gasteiger partial charge in [-0.05, 0) is 62.2 Å². The lowest BCUT2D eigenvalue weighted by molar-refractivity contribution is 0.190. The smallest absolute Gasteiger partial charge is 0.161 e. The fourth-order valence-corrected chi connectivity index (χ4v) is 4.41. The molecule has 1 aliphatic heterocycles. The maximum atomic E-state index is 6.26. The minimum Gasteiger partial charge on any atom is -0.490 e.